The number of alkyl halides is 3. The van der Waals surface area contributed by atoms with E-state index in [1.165, 1.54) is 25.1 Å². The summed E-state index contributed by atoms with van der Waals surface area (Å²) in [5.74, 6) is -0.549. The molecule has 0 aromatic heterocycles. The summed E-state index contributed by atoms with van der Waals surface area (Å²) in [6, 6.07) is 5.13. The van der Waals surface area contributed by atoms with E-state index in [1.54, 1.807) is 13.0 Å². The predicted octanol–water partition coefficient (Wildman–Crippen LogP) is 2.78. The lowest BCUT2D eigenvalue weighted by Gasteiger charge is -2.15. The van der Waals surface area contributed by atoms with E-state index in [0.29, 0.717) is 5.56 Å². The number of hydrogen-bond acceptors (Lipinski definition) is 2. The minimum atomic E-state index is -4.71. The zero-order valence-corrected chi connectivity index (χ0v) is 9.34. The van der Waals surface area contributed by atoms with Crippen LogP contribution in [0.1, 0.15) is 25.5 Å². The van der Waals surface area contributed by atoms with Gasteiger partial charge in [-0.15, -0.1) is 13.2 Å². The average Bonchev–Trinajstić information content (AvgIpc) is 2.14. The molecule has 0 aliphatic rings. The number of amides is 1. The third-order valence-electron chi connectivity index (χ3n) is 2.01. The maximum Gasteiger partial charge on any atom is 0.573 e. The topological polar surface area (TPSA) is 38.3 Å². The van der Waals surface area contributed by atoms with E-state index in [-0.39, 0.29) is 17.7 Å². The summed E-state index contributed by atoms with van der Waals surface area (Å²) in [5.41, 5.74) is 0.543. The molecular weight excluding hydrogens is 235 g/mol. The Morgan fingerprint density at radius 1 is 1.41 bits per heavy atom. The smallest absolute Gasteiger partial charge is 0.406 e. The van der Waals surface area contributed by atoms with Crippen molar-refractivity contribution < 1.29 is 22.7 Å². The lowest BCUT2D eigenvalue weighted by molar-refractivity contribution is -0.274. The van der Waals surface area contributed by atoms with Crippen molar-refractivity contribution in [3.63, 3.8) is 0 Å². The number of ether oxygens (including phenoxy) is 1. The first-order chi connectivity index (χ1) is 7.78. The summed E-state index contributed by atoms with van der Waals surface area (Å²) in [6.07, 6.45) is -4.71. The van der Waals surface area contributed by atoms with Crippen molar-refractivity contribution in [1.82, 2.24) is 5.32 Å². The van der Waals surface area contributed by atoms with Gasteiger partial charge in [-0.05, 0) is 24.6 Å². The van der Waals surface area contributed by atoms with Gasteiger partial charge in [0.05, 0.1) is 6.04 Å². The monoisotopic (exact) mass is 247 g/mol. The second-order valence-electron chi connectivity index (χ2n) is 3.54. The summed E-state index contributed by atoms with van der Waals surface area (Å²) in [7, 11) is 0. The van der Waals surface area contributed by atoms with Crippen molar-refractivity contribution in [3.05, 3.63) is 29.8 Å². The standard InChI is InChI=1S/C11H12F3NO2/c1-7(15-8(2)16)9-4-3-5-10(6-9)17-11(12,13)14/h3-7H,1-2H3,(H,15,16). The molecule has 0 bridgehead atoms. The van der Waals surface area contributed by atoms with Crippen LogP contribution in [0.2, 0.25) is 0 Å². The van der Waals surface area contributed by atoms with E-state index in [9.17, 15) is 18.0 Å². The molecule has 1 amide bonds. The van der Waals surface area contributed by atoms with Crippen LogP contribution in [0.3, 0.4) is 0 Å². The molecule has 6 heteroatoms. The quantitative estimate of drug-likeness (QED) is 0.891. The van der Waals surface area contributed by atoms with Crippen LogP contribution in [0, 0.1) is 0 Å². The van der Waals surface area contributed by atoms with Gasteiger partial charge in [0.15, 0.2) is 0 Å². The zero-order valence-electron chi connectivity index (χ0n) is 9.34. The Kier molecular flexibility index (Phi) is 3.98. The minimum absolute atomic E-state index is 0.250. The molecule has 1 N–H and O–H groups in total. The summed E-state index contributed by atoms with van der Waals surface area (Å²) in [6.45, 7) is 3.01. The number of halogens is 3. The van der Waals surface area contributed by atoms with Gasteiger partial charge in [0, 0.05) is 6.92 Å². The van der Waals surface area contributed by atoms with Crippen molar-refractivity contribution in [3.8, 4) is 5.75 Å². The van der Waals surface area contributed by atoms with Gasteiger partial charge in [-0.1, -0.05) is 12.1 Å². The highest BCUT2D eigenvalue weighted by Gasteiger charge is 2.31. The van der Waals surface area contributed by atoms with E-state index in [0.717, 1.165) is 0 Å². The molecule has 0 fully saturated rings. The van der Waals surface area contributed by atoms with Crippen molar-refractivity contribution >= 4 is 5.91 Å². The van der Waals surface area contributed by atoms with Crippen molar-refractivity contribution in [2.45, 2.75) is 26.3 Å². The van der Waals surface area contributed by atoms with Crippen molar-refractivity contribution in [2.24, 2.45) is 0 Å². The SMILES string of the molecule is CC(=O)NC(C)c1cccc(OC(F)(F)F)c1. The maximum atomic E-state index is 12.0. The van der Waals surface area contributed by atoms with Crippen molar-refractivity contribution in [1.29, 1.82) is 0 Å². The summed E-state index contributed by atoms with van der Waals surface area (Å²) in [5, 5.41) is 2.57. The highest BCUT2D eigenvalue weighted by Crippen LogP contribution is 2.25. The number of nitrogens with one attached hydrogen (secondary N) is 1. The second-order valence-corrected chi connectivity index (χ2v) is 3.54. The van der Waals surface area contributed by atoms with E-state index in [2.05, 4.69) is 10.1 Å². The fraction of sp³-hybridized carbons (Fsp3) is 0.364. The van der Waals surface area contributed by atoms with Gasteiger partial charge in [-0.2, -0.15) is 0 Å². The Morgan fingerprint density at radius 3 is 2.59 bits per heavy atom. The Bertz CT molecular complexity index is 404. The van der Waals surface area contributed by atoms with Crippen LogP contribution in [-0.2, 0) is 4.79 Å². The Hall–Kier alpha value is -1.72. The molecule has 1 atom stereocenters. The van der Waals surface area contributed by atoms with Crippen LogP contribution >= 0.6 is 0 Å². The molecular formula is C11H12F3NO2. The van der Waals surface area contributed by atoms with Crippen LogP contribution in [0.5, 0.6) is 5.75 Å². The average molecular weight is 247 g/mol. The van der Waals surface area contributed by atoms with Crippen LogP contribution in [-0.4, -0.2) is 12.3 Å². The molecule has 0 saturated heterocycles. The summed E-state index contributed by atoms with van der Waals surface area (Å²) in [4.78, 5) is 10.8. The largest absolute Gasteiger partial charge is 0.573 e. The fourth-order valence-corrected chi connectivity index (χ4v) is 1.37. The Balaban J connectivity index is 2.82. The number of carbonyl (C=O) groups excluding carboxylic acids is 1. The first kappa shape index (κ1) is 13.3. The molecule has 1 aromatic rings. The first-order valence-electron chi connectivity index (χ1n) is 4.91. The van der Waals surface area contributed by atoms with Crippen LogP contribution in [0.4, 0.5) is 13.2 Å². The molecule has 0 aliphatic heterocycles. The minimum Gasteiger partial charge on any atom is -0.406 e. The summed E-state index contributed by atoms with van der Waals surface area (Å²) >= 11 is 0. The van der Waals surface area contributed by atoms with Gasteiger partial charge >= 0.3 is 6.36 Å². The zero-order chi connectivity index (χ0) is 13.1. The molecule has 17 heavy (non-hydrogen) atoms. The lowest BCUT2D eigenvalue weighted by atomic mass is 10.1. The molecule has 3 nitrogen and oxygen atoms in total. The van der Waals surface area contributed by atoms with Gasteiger partial charge in [0.25, 0.3) is 0 Å². The molecule has 0 aliphatic carbocycles. The Morgan fingerprint density at radius 2 is 2.06 bits per heavy atom. The predicted molar refractivity (Wildman–Crippen MR) is 55.4 cm³/mol. The van der Waals surface area contributed by atoms with Gasteiger partial charge < -0.3 is 10.1 Å². The van der Waals surface area contributed by atoms with Crippen molar-refractivity contribution in [2.75, 3.05) is 0 Å². The van der Waals surface area contributed by atoms with E-state index < -0.39 is 6.36 Å². The van der Waals surface area contributed by atoms with Gasteiger partial charge in [0.1, 0.15) is 5.75 Å². The second kappa shape index (κ2) is 5.07. The normalized spacial score (nSPS) is 13.0. The highest BCUT2D eigenvalue weighted by atomic mass is 19.4. The number of benzene rings is 1. The van der Waals surface area contributed by atoms with E-state index in [4.69, 9.17) is 0 Å². The molecule has 1 aromatic carbocycles. The van der Waals surface area contributed by atoms with Gasteiger partial charge in [-0.25, -0.2) is 0 Å². The Labute approximate surface area is 96.6 Å². The molecule has 0 radical (unpaired) electrons. The third kappa shape index (κ3) is 4.76. The number of rotatable bonds is 3. The molecule has 0 spiro atoms. The lowest BCUT2D eigenvalue weighted by Crippen LogP contribution is -2.23. The molecule has 0 saturated carbocycles. The van der Waals surface area contributed by atoms with E-state index in [1.807, 2.05) is 0 Å². The van der Waals surface area contributed by atoms with Crippen LogP contribution < -0.4 is 10.1 Å². The molecule has 94 valence electrons. The van der Waals surface area contributed by atoms with E-state index >= 15 is 0 Å². The number of hydrogen-bond donors (Lipinski definition) is 1. The summed E-state index contributed by atoms with van der Waals surface area (Å²) < 4.78 is 39.8. The van der Waals surface area contributed by atoms with Crippen LogP contribution in [0.15, 0.2) is 24.3 Å². The van der Waals surface area contributed by atoms with Gasteiger partial charge in [-0.3, -0.25) is 4.79 Å². The molecule has 1 rings (SSSR count). The number of carbonyl (C=O) groups is 1. The molecule has 1 unspecified atom stereocenters. The molecule has 0 heterocycles. The van der Waals surface area contributed by atoms with Crippen LogP contribution in [0.25, 0.3) is 0 Å². The van der Waals surface area contributed by atoms with Gasteiger partial charge in [0.2, 0.25) is 5.91 Å². The first-order valence-corrected chi connectivity index (χ1v) is 4.91. The fourth-order valence-electron chi connectivity index (χ4n) is 1.37. The highest BCUT2D eigenvalue weighted by molar-refractivity contribution is 5.73. The third-order valence-corrected chi connectivity index (χ3v) is 2.01. The maximum absolute atomic E-state index is 12.0.